The molecule has 0 aliphatic heterocycles. The monoisotopic (exact) mass is 245 g/mol. The normalized spacial score (nSPS) is 10.8. The van der Waals surface area contributed by atoms with E-state index >= 15 is 0 Å². The van der Waals surface area contributed by atoms with E-state index in [-0.39, 0.29) is 5.91 Å². The van der Waals surface area contributed by atoms with Gasteiger partial charge in [-0.05, 0) is 17.0 Å². The van der Waals surface area contributed by atoms with Gasteiger partial charge in [-0.2, -0.15) is 0 Å². The maximum atomic E-state index is 11.4. The summed E-state index contributed by atoms with van der Waals surface area (Å²) in [4.78, 5) is 16.3. The van der Waals surface area contributed by atoms with E-state index in [1.807, 2.05) is 6.20 Å². The number of aromatic nitrogens is 1. The molecule has 0 unspecified atom stereocenters. The summed E-state index contributed by atoms with van der Waals surface area (Å²) in [5.74, 6) is 0.153. The number of rotatable bonds is 5. The predicted molar refractivity (Wildman–Crippen MR) is 73.3 cm³/mol. The Labute approximate surface area is 107 Å². The molecule has 0 aliphatic rings. The number of fused-ring (bicyclic) bond motifs is 1. The first-order valence-corrected chi connectivity index (χ1v) is 6.14. The third-order valence-corrected chi connectivity index (χ3v) is 3.00. The molecule has 96 valence electrons. The first-order valence-electron chi connectivity index (χ1n) is 6.14. The number of para-hydroxylation sites is 1. The van der Waals surface area contributed by atoms with Crippen molar-refractivity contribution in [2.75, 3.05) is 20.6 Å². The van der Waals surface area contributed by atoms with E-state index in [0.29, 0.717) is 13.0 Å². The van der Waals surface area contributed by atoms with Crippen LogP contribution in [0.1, 0.15) is 12.0 Å². The van der Waals surface area contributed by atoms with Crippen LogP contribution in [0.3, 0.4) is 0 Å². The Morgan fingerprint density at radius 3 is 2.94 bits per heavy atom. The molecule has 0 saturated heterocycles. The van der Waals surface area contributed by atoms with Crippen LogP contribution in [0, 0.1) is 0 Å². The molecule has 18 heavy (non-hydrogen) atoms. The van der Waals surface area contributed by atoms with Crippen molar-refractivity contribution in [2.24, 2.45) is 0 Å². The molecule has 0 fully saturated rings. The summed E-state index contributed by atoms with van der Waals surface area (Å²) in [6.07, 6.45) is 2.48. The van der Waals surface area contributed by atoms with Gasteiger partial charge in [-0.15, -0.1) is 0 Å². The molecule has 2 N–H and O–H groups in total. The van der Waals surface area contributed by atoms with Gasteiger partial charge in [-0.1, -0.05) is 18.2 Å². The zero-order valence-corrected chi connectivity index (χ0v) is 10.9. The second-order valence-electron chi connectivity index (χ2n) is 4.57. The fraction of sp³-hybridized carbons (Fsp3) is 0.357. The molecule has 1 amide bonds. The number of hydrogen-bond acceptors (Lipinski definition) is 2. The molecule has 1 aromatic heterocycles. The molecule has 1 aromatic carbocycles. The molecular weight excluding hydrogens is 226 g/mol. The highest BCUT2D eigenvalue weighted by molar-refractivity contribution is 5.82. The van der Waals surface area contributed by atoms with Crippen molar-refractivity contribution in [1.29, 1.82) is 0 Å². The second kappa shape index (κ2) is 5.69. The van der Waals surface area contributed by atoms with E-state index in [0.717, 1.165) is 6.54 Å². The average molecular weight is 245 g/mol. The van der Waals surface area contributed by atoms with Crippen molar-refractivity contribution < 1.29 is 4.79 Å². The van der Waals surface area contributed by atoms with Gasteiger partial charge < -0.3 is 15.2 Å². The SMILES string of the molecule is CN(C)C(=O)CCNCc1cccc2cc[nH]c12. The smallest absolute Gasteiger partial charge is 0.223 e. The standard InChI is InChI=1S/C14H19N3O/c1-17(2)13(18)7-8-15-10-12-5-3-4-11-6-9-16-14(11)12/h3-6,9,15-16H,7-8,10H2,1-2H3. The molecule has 0 spiro atoms. The maximum absolute atomic E-state index is 11.4. The van der Waals surface area contributed by atoms with Gasteiger partial charge in [-0.25, -0.2) is 0 Å². The molecule has 0 atom stereocenters. The van der Waals surface area contributed by atoms with Crippen LogP contribution in [0.15, 0.2) is 30.5 Å². The number of amides is 1. The fourth-order valence-electron chi connectivity index (χ4n) is 1.94. The summed E-state index contributed by atoms with van der Waals surface area (Å²) < 4.78 is 0. The Morgan fingerprint density at radius 1 is 1.33 bits per heavy atom. The summed E-state index contributed by atoms with van der Waals surface area (Å²) in [5, 5.41) is 4.52. The summed E-state index contributed by atoms with van der Waals surface area (Å²) >= 11 is 0. The topological polar surface area (TPSA) is 48.1 Å². The predicted octanol–water partition coefficient (Wildman–Crippen LogP) is 1.74. The highest BCUT2D eigenvalue weighted by atomic mass is 16.2. The highest BCUT2D eigenvalue weighted by Gasteiger charge is 2.04. The number of carbonyl (C=O) groups excluding carboxylic acids is 1. The van der Waals surface area contributed by atoms with E-state index in [1.165, 1.54) is 16.5 Å². The number of nitrogens with one attached hydrogen (secondary N) is 2. The number of aromatic amines is 1. The summed E-state index contributed by atoms with van der Waals surface area (Å²) in [6.45, 7) is 1.48. The lowest BCUT2D eigenvalue weighted by atomic mass is 10.1. The van der Waals surface area contributed by atoms with Gasteiger partial charge in [0.15, 0.2) is 0 Å². The van der Waals surface area contributed by atoms with Crippen LogP contribution in [0.5, 0.6) is 0 Å². The largest absolute Gasteiger partial charge is 0.361 e. The zero-order chi connectivity index (χ0) is 13.0. The number of carbonyl (C=O) groups is 1. The molecule has 0 aliphatic carbocycles. The minimum absolute atomic E-state index is 0.153. The minimum Gasteiger partial charge on any atom is -0.361 e. The first kappa shape index (κ1) is 12.6. The van der Waals surface area contributed by atoms with Crippen LogP contribution in [0.2, 0.25) is 0 Å². The van der Waals surface area contributed by atoms with Gasteiger partial charge in [0.05, 0.1) is 0 Å². The lowest BCUT2D eigenvalue weighted by molar-refractivity contribution is -0.128. The summed E-state index contributed by atoms with van der Waals surface area (Å²) in [7, 11) is 3.56. The van der Waals surface area contributed by atoms with Crippen LogP contribution in [0.4, 0.5) is 0 Å². The van der Waals surface area contributed by atoms with Crippen molar-refractivity contribution in [1.82, 2.24) is 15.2 Å². The molecular formula is C14H19N3O. The first-order chi connectivity index (χ1) is 8.68. The molecule has 4 heteroatoms. The van der Waals surface area contributed by atoms with Gasteiger partial charge >= 0.3 is 0 Å². The average Bonchev–Trinajstić information content (AvgIpc) is 2.83. The summed E-state index contributed by atoms with van der Waals surface area (Å²) in [5.41, 5.74) is 2.40. The third-order valence-electron chi connectivity index (χ3n) is 3.00. The Balaban J connectivity index is 1.87. The van der Waals surface area contributed by atoms with Crippen molar-refractivity contribution in [3.8, 4) is 0 Å². The van der Waals surface area contributed by atoms with E-state index in [9.17, 15) is 4.79 Å². The molecule has 2 rings (SSSR count). The summed E-state index contributed by atoms with van der Waals surface area (Å²) in [6, 6.07) is 8.30. The Kier molecular flexibility index (Phi) is 3.99. The minimum atomic E-state index is 0.153. The van der Waals surface area contributed by atoms with Crippen LogP contribution in [0.25, 0.3) is 10.9 Å². The van der Waals surface area contributed by atoms with E-state index in [4.69, 9.17) is 0 Å². The van der Waals surface area contributed by atoms with Gasteiger partial charge in [-0.3, -0.25) is 4.79 Å². The van der Waals surface area contributed by atoms with Crippen molar-refractivity contribution in [3.63, 3.8) is 0 Å². The van der Waals surface area contributed by atoms with Crippen LogP contribution in [-0.2, 0) is 11.3 Å². The third kappa shape index (κ3) is 2.90. The molecule has 1 heterocycles. The van der Waals surface area contributed by atoms with Crippen molar-refractivity contribution in [2.45, 2.75) is 13.0 Å². The van der Waals surface area contributed by atoms with E-state index in [1.54, 1.807) is 19.0 Å². The van der Waals surface area contributed by atoms with E-state index < -0.39 is 0 Å². The van der Waals surface area contributed by atoms with Gasteiger partial charge in [0.1, 0.15) is 0 Å². The van der Waals surface area contributed by atoms with Crippen LogP contribution >= 0.6 is 0 Å². The maximum Gasteiger partial charge on any atom is 0.223 e. The van der Waals surface area contributed by atoms with Crippen LogP contribution < -0.4 is 5.32 Å². The molecule has 0 saturated carbocycles. The van der Waals surface area contributed by atoms with Crippen molar-refractivity contribution in [3.05, 3.63) is 36.0 Å². The Morgan fingerprint density at radius 2 is 2.17 bits per heavy atom. The Bertz CT molecular complexity index is 531. The number of benzene rings is 1. The fourth-order valence-corrected chi connectivity index (χ4v) is 1.94. The quantitative estimate of drug-likeness (QED) is 0.788. The molecule has 0 radical (unpaired) electrons. The zero-order valence-electron chi connectivity index (χ0n) is 10.9. The van der Waals surface area contributed by atoms with Gasteiger partial charge in [0, 0.05) is 45.3 Å². The molecule has 4 nitrogen and oxygen atoms in total. The van der Waals surface area contributed by atoms with Crippen LogP contribution in [-0.4, -0.2) is 36.4 Å². The number of hydrogen-bond donors (Lipinski definition) is 2. The highest BCUT2D eigenvalue weighted by Crippen LogP contribution is 2.16. The Hall–Kier alpha value is -1.81. The molecule has 0 bridgehead atoms. The van der Waals surface area contributed by atoms with Gasteiger partial charge in [0.2, 0.25) is 5.91 Å². The number of H-pyrrole nitrogens is 1. The van der Waals surface area contributed by atoms with Crippen molar-refractivity contribution >= 4 is 16.8 Å². The second-order valence-corrected chi connectivity index (χ2v) is 4.57. The van der Waals surface area contributed by atoms with Gasteiger partial charge in [0.25, 0.3) is 0 Å². The van der Waals surface area contributed by atoms with E-state index in [2.05, 4.69) is 34.6 Å². The lowest BCUT2D eigenvalue weighted by Gasteiger charge is -2.10. The molecule has 2 aromatic rings. The number of nitrogens with zero attached hydrogens (tertiary/aromatic N) is 1. The lowest BCUT2D eigenvalue weighted by Crippen LogP contribution is -2.26.